The third kappa shape index (κ3) is 1.28. The molecule has 0 atom stereocenters. The lowest BCUT2D eigenvalue weighted by atomic mass is 10.3. The Bertz CT molecular complexity index is 305. The van der Waals surface area contributed by atoms with E-state index in [9.17, 15) is 4.79 Å². The van der Waals surface area contributed by atoms with Crippen molar-refractivity contribution in [3.05, 3.63) is 15.9 Å². The first-order valence-corrected chi connectivity index (χ1v) is 3.82. The number of nitrogens with zero attached hydrogens (tertiary/aromatic N) is 2. The topological polar surface area (TPSA) is 60.9 Å². The lowest BCUT2D eigenvalue weighted by Gasteiger charge is -1.94. The summed E-state index contributed by atoms with van der Waals surface area (Å²) in [5, 5.41) is 4.00. The van der Waals surface area contributed by atoms with Gasteiger partial charge in [0, 0.05) is 7.05 Å². The van der Waals surface area contributed by atoms with Crippen molar-refractivity contribution in [1.29, 1.82) is 0 Å². The molecule has 0 bridgehead atoms. The predicted octanol–water partition coefficient (Wildman–Crippen LogP) is 0.590. The molecule has 2 N–H and O–H groups in total. The highest BCUT2D eigenvalue weighted by molar-refractivity contribution is 9.10. The molecule has 5 heteroatoms. The molecular weight excluding hydrogens is 210 g/mol. The van der Waals surface area contributed by atoms with Crippen LogP contribution >= 0.6 is 15.9 Å². The largest absolute Gasteiger partial charge is 0.364 e. The van der Waals surface area contributed by atoms with Crippen LogP contribution in [0.4, 0.5) is 0 Å². The molecule has 0 fully saturated rings. The summed E-state index contributed by atoms with van der Waals surface area (Å²) < 4.78 is 2.13. The van der Waals surface area contributed by atoms with Crippen molar-refractivity contribution in [3.63, 3.8) is 0 Å². The molecule has 1 heterocycles. The van der Waals surface area contributed by atoms with E-state index >= 15 is 0 Å². The first-order chi connectivity index (χ1) is 5.04. The lowest BCUT2D eigenvalue weighted by molar-refractivity contribution is 0.0990. The number of aromatic nitrogens is 2. The van der Waals surface area contributed by atoms with Crippen molar-refractivity contribution in [3.8, 4) is 0 Å². The number of halogens is 1. The fraction of sp³-hybridized carbons (Fsp3) is 0.333. The number of carbonyl (C=O) groups excluding carboxylic acids is 1. The van der Waals surface area contributed by atoms with E-state index < -0.39 is 5.91 Å². The van der Waals surface area contributed by atoms with Crippen LogP contribution in [-0.2, 0) is 7.05 Å². The normalized spacial score (nSPS) is 10.1. The lowest BCUT2D eigenvalue weighted by Crippen LogP contribution is -2.16. The molecule has 1 aromatic rings. The number of primary amides is 1. The first-order valence-electron chi connectivity index (χ1n) is 3.03. The van der Waals surface area contributed by atoms with Crippen LogP contribution in [0.1, 0.15) is 16.2 Å². The van der Waals surface area contributed by atoms with Gasteiger partial charge in [0.05, 0.1) is 10.2 Å². The van der Waals surface area contributed by atoms with Crippen LogP contribution in [0.2, 0.25) is 0 Å². The molecule has 0 aliphatic rings. The van der Waals surface area contributed by atoms with Crippen LogP contribution in [0, 0.1) is 6.92 Å². The summed E-state index contributed by atoms with van der Waals surface area (Å²) in [7, 11) is 1.68. The van der Waals surface area contributed by atoms with Gasteiger partial charge in [0.2, 0.25) is 0 Å². The SMILES string of the molecule is Cc1nn(C)c(C(N)=O)c1Br. The number of hydrogen-bond acceptors (Lipinski definition) is 2. The van der Waals surface area contributed by atoms with Gasteiger partial charge in [0.15, 0.2) is 0 Å². The summed E-state index contributed by atoms with van der Waals surface area (Å²) in [5.41, 5.74) is 6.27. The molecule has 0 radical (unpaired) electrons. The quantitative estimate of drug-likeness (QED) is 0.749. The smallest absolute Gasteiger partial charge is 0.268 e. The van der Waals surface area contributed by atoms with Gasteiger partial charge in [-0.3, -0.25) is 9.48 Å². The van der Waals surface area contributed by atoms with Crippen LogP contribution < -0.4 is 5.73 Å². The molecule has 0 aliphatic heterocycles. The Morgan fingerprint density at radius 3 is 2.45 bits per heavy atom. The van der Waals surface area contributed by atoms with Gasteiger partial charge < -0.3 is 5.73 Å². The zero-order valence-electron chi connectivity index (χ0n) is 6.26. The Morgan fingerprint density at radius 2 is 2.27 bits per heavy atom. The molecule has 0 aromatic carbocycles. The zero-order valence-corrected chi connectivity index (χ0v) is 7.84. The van der Waals surface area contributed by atoms with Crippen LogP contribution in [0.3, 0.4) is 0 Å². The Labute approximate surface area is 72.5 Å². The van der Waals surface area contributed by atoms with Gasteiger partial charge in [-0.1, -0.05) is 0 Å². The van der Waals surface area contributed by atoms with Crippen LogP contribution in [0.25, 0.3) is 0 Å². The van der Waals surface area contributed by atoms with E-state index in [-0.39, 0.29) is 0 Å². The average Bonchev–Trinajstić information content (AvgIpc) is 2.07. The first kappa shape index (κ1) is 8.26. The maximum absolute atomic E-state index is 10.8. The molecule has 0 aliphatic carbocycles. The van der Waals surface area contributed by atoms with Gasteiger partial charge in [0.1, 0.15) is 5.69 Å². The molecule has 0 saturated heterocycles. The minimum Gasteiger partial charge on any atom is -0.364 e. The minimum atomic E-state index is -0.472. The van der Waals surface area contributed by atoms with Gasteiger partial charge in [-0.05, 0) is 22.9 Å². The third-order valence-corrected chi connectivity index (χ3v) is 2.33. The Hall–Kier alpha value is -0.840. The number of carbonyl (C=O) groups is 1. The van der Waals surface area contributed by atoms with Crippen molar-refractivity contribution >= 4 is 21.8 Å². The number of aryl methyl sites for hydroxylation is 2. The fourth-order valence-electron chi connectivity index (χ4n) is 0.900. The standard InChI is InChI=1S/C6H8BrN3O/c1-3-4(7)5(6(8)11)10(2)9-3/h1-2H3,(H2,8,11). The van der Waals surface area contributed by atoms with Crippen molar-refractivity contribution in [2.45, 2.75) is 6.92 Å². The molecule has 0 unspecified atom stereocenters. The number of nitrogens with two attached hydrogens (primary N) is 1. The summed E-state index contributed by atoms with van der Waals surface area (Å²) in [6, 6.07) is 0. The summed E-state index contributed by atoms with van der Waals surface area (Å²) in [6.07, 6.45) is 0. The minimum absolute atomic E-state index is 0.405. The molecule has 60 valence electrons. The molecule has 4 nitrogen and oxygen atoms in total. The second-order valence-corrected chi connectivity index (χ2v) is 3.03. The van der Waals surface area contributed by atoms with E-state index in [1.54, 1.807) is 14.0 Å². The van der Waals surface area contributed by atoms with Gasteiger partial charge in [0.25, 0.3) is 5.91 Å². The highest BCUT2D eigenvalue weighted by Gasteiger charge is 2.14. The van der Waals surface area contributed by atoms with Crippen LogP contribution in [0.5, 0.6) is 0 Å². The maximum atomic E-state index is 10.8. The maximum Gasteiger partial charge on any atom is 0.268 e. The van der Waals surface area contributed by atoms with Crippen LogP contribution in [0.15, 0.2) is 4.47 Å². The van der Waals surface area contributed by atoms with Gasteiger partial charge in [-0.15, -0.1) is 0 Å². The number of amides is 1. The zero-order chi connectivity index (χ0) is 8.59. The third-order valence-electron chi connectivity index (χ3n) is 1.38. The van der Waals surface area contributed by atoms with E-state index in [4.69, 9.17) is 5.73 Å². The Morgan fingerprint density at radius 1 is 1.73 bits per heavy atom. The van der Waals surface area contributed by atoms with E-state index in [1.807, 2.05) is 0 Å². The molecule has 1 aromatic heterocycles. The number of rotatable bonds is 1. The summed E-state index contributed by atoms with van der Waals surface area (Å²) >= 11 is 3.22. The average molecular weight is 218 g/mol. The van der Waals surface area contributed by atoms with Crippen molar-refractivity contribution < 1.29 is 4.79 Å². The van der Waals surface area contributed by atoms with Gasteiger partial charge in [-0.25, -0.2) is 0 Å². The van der Waals surface area contributed by atoms with E-state index in [1.165, 1.54) is 4.68 Å². The van der Waals surface area contributed by atoms with Crippen molar-refractivity contribution in [2.24, 2.45) is 12.8 Å². The highest BCUT2D eigenvalue weighted by Crippen LogP contribution is 2.18. The van der Waals surface area contributed by atoms with Crippen LogP contribution in [-0.4, -0.2) is 15.7 Å². The summed E-state index contributed by atoms with van der Waals surface area (Å²) in [5.74, 6) is -0.472. The molecule has 0 spiro atoms. The van der Waals surface area contributed by atoms with E-state index in [2.05, 4.69) is 21.0 Å². The van der Waals surface area contributed by atoms with Crippen molar-refractivity contribution in [1.82, 2.24) is 9.78 Å². The molecule has 0 saturated carbocycles. The fourth-order valence-corrected chi connectivity index (χ4v) is 1.43. The van der Waals surface area contributed by atoms with Gasteiger partial charge >= 0.3 is 0 Å². The highest BCUT2D eigenvalue weighted by atomic mass is 79.9. The second-order valence-electron chi connectivity index (χ2n) is 2.24. The monoisotopic (exact) mass is 217 g/mol. The molecule has 1 amide bonds. The second kappa shape index (κ2) is 2.65. The van der Waals surface area contributed by atoms with Gasteiger partial charge in [-0.2, -0.15) is 5.10 Å². The predicted molar refractivity (Wildman–Crippen MR) is 44.2 cm³/mol. The Kier molecular flexibility index (Phi) is 1.99. The van der Waals surface area contributed by atoms with E-state index in [0.717, 1.165) is 5.69 Å². The van der Waals surface area contributed by atoms with Crippen molar-refractivity contribution in [2.75, 3.05) is 0 Å². The Balaban J connectivity index is 3.34. The molecule has 11 heavy (non-hydrogen) atoms. The number of hydrogen-bond donors (Lipinski definition) is 1. The molecular formula is C6H8BrN3O. The summed E-state index contributed by atoms with van der Waals surface area (Å²) in [4.78, 5) is 10.8. The molecule has 1 rings (SSSR count). The summed E-state index contributed by atoms with van der Waals surface area (Å²) in [6.45, 7) is 1.80. The van der Waals surface area contributed by atoms with E-state index in [0.29, 0.717) is 10.2 Å².